The third kappa shape index (κ3) is 3.65. The number of carbonyl (C=O) groups excluding carboxylic acids is 3. The maximum Gasteiger partial charge on any atom is 0.348 e. The van der Waals surface area contributed by atoms with Gasteiger partial charge in [0.2, 0.25) is 0 Å². The summed E-state index contributed by atoms with van der Waals surface area (Å²) in [5.41, 5.74) is 2.44. The molecule has 170 valence electrons. The van der Waals surface area contributed by atoms with E-state index in [-0.39, 0.29) is 25.1 Å². The van der Waals surface area contributed by atoms with Crippen molar-refractivity contribution in [3.8, 4) is 17.1 Å². The van der Waals surface area contributed by atoms with E-state index in [2.05, 4.69) is 10.1 Å². The molecule has 1 aromatic heterocycles. The Morgan fingerprint density at radius 2 is 2.06 bits per heavy atom. The maximum atomic E-state index is 12.5. The highest BCUT2D eigenvalue weighted by Gasteiger charge is 2.50. The first-order valence-corrected chi connectivity index (χ1v) is 10.4. The standard InChI is InChI=1S/C22H22N5O6/c1-12-6-14-7-13(4-5-16(14)32-12)17-8-15(24-33-17)10-31-18(28)9-27-11-23-20-19(27)21(29)26(3)22(30)25(20)2/h4-5,7-8,11-12,19H,6,9-10H2,1-3H3/q+1. The summed E-state index contributed by atoms with van der Waals surface area (Å²) in [5, 5.41) is 3.98. The Balaban J connectivity index is 1.19. The average molecular weight is 452 g/mol. The zero-order valence-corrected chi connectivity index (χ0v) is 18.3. The number of aromatic nitrogens is 1. The lowest BCUT2D eigenvalue weighted by Gasteiger charge is -2.30. The van der Waals surface area contributed by atoms with Crippen LogP contribution in [0.2, 0.25) is 0 Å². The van der Waals surface area contributed by atoms with Gasteiger partial charge in [-0.3, -0.25) is 14.6 Å². The molecule has 0 spiro atoms. The van der Waals surface area contributed by atoms with Crippen molar-refractivity contribution in [2.24, 2.45) is 4.99 Å². The monoisotopic (exact) mass is 452 g/mol. The molecule has 2 aromatic rings. The molecule has 0 saturated carbocycles. The fourth-order valence-corrected chi connectivity index (χ4v) is 4.11. The first-order valence-electron chi connectivity index (χ1n) is 10.4. The topological polar surface area (TPSA) is 118 Å². The summed E-state index contributed by atoms with van der Waals surface area (Å²) in [4.78, 5) is 43.4. The Morgan fingerprint density at radius 1 is 1.24 bits per heavy atom. The van der Waals surface area contributed by atoms with Gasteiger partial charge < -0.3 is 14.0 Å². The predicted molar refractivity (Wildman–Crippen MR) is 114 cm³/mol. The van der Waals surface area contributed by atoms with Gasteiger partial charge in [-0.2, -0.15) is 0 Å². The van der Waals surface area contributed by atoms with Crippen molar-refractivity contribution in [2.45, 2.75) is 32.1 Å². The minimum atomic E-state index is -0.838. The maximum absolute atomic E-state index is 12.5. The number of nitrogens with zero attached hydrogens (tertiary/aromatic N) is 5. The molecular weight excluding hydrogens is 430 g/mol. The van der Waals surface area contributed by atoms with Gasteiger partial charge in [0.15, 0.2) is 12.3 Å². The van der Waals surface area contributed by atoms with Gasteiger partial charge in [0, 0.05) is 32.1 Å². The SMILES string of the molecule is CC1Cc2cc(-c3cc(COC(=O)C[N+]4=CN=C5C4C(=O)N(C)C(=O)N5C)no3)ccc2O1. The van der Waals surface area contributed by atoms with Crippen molar-refractivity contribution in [2.75, 3.05) is 20.6 Å². The molecule has 11 nitrogen and oxygen atoms in total. The minimum Gasteiger partial charge on any atom is -0.490 e. The summed E-state index contributed by atoms with van der Waals surface area (Å²) >= 11 is 0. The number of hydrogen-bond acceptors (Lipinski definition) is 8. The van der Waals surface area contributed by atoms with Crippen LogP contribution in [-0.2, 0) is 27.4 Å². The second kappa shape index (κ2) is 7.84. The molecule has 33 heavy (non-hydrogen) atoms. The highest BCUT2D eigenvalue weighted by atomic mass is 16.5. The number of imide groups is 1. The highest BCUT2D eigenvalue weighted by Crippen LogP contribution is 2.33. The number of ether oxygens (including phenoxy) is 2. The molecule has 1 fully saturated rings. The fraction of sp³-hybridized carbons (Fsp3) is 0.364. The number of fused-ring (bicyclic) bond motifs is 2. The van der Waals surface area contributed by atoms with E-state index in [1.54, 1.807) is 6.07 Å². The van der Waals surface area contributed by atoms with Gasteiger partial charge >= 0.3 is 12.0 Å². The number of likely N-dealkylation sites (N-methyl/N-ethyl adjacent to an activating group) is 2. The van der Waals surface area contributed by atoms with Crippen LogP contribution >= 0.6 is 0 Å². The third-order valence-electron chi connectivity index (χ3n) is 5.83. The predicted octanol–water partition coefficient (Wildman–Crippen LogP) is 1.05. The van der Waals surface area contributed by atoms with E-state index in [4.69, 9.17) is 14.0 Å². The Labute approximate surface area is 188 Å². The first-order chi connectivity index (χ1) is 15.8. The van der Waals surface area contributed by atoms with Crippen molar-refractivity contribution in [1.29, 1.82) is 0 Å². The van der Waals surface area contributed by atoms with Crippen LogP contribution in [0, 0.1) is 0 Å². The molecule has 3 aliphatic rings. The van der Waals surface area contributed by atoms with Crippen LogP contribution in [0.25, 0.3) is 11.3 Å². The zero-order valence-electron chi connectivity index (χ0n) is 18.3. The summed E-state index contributed by atoms with van der Waals surface area (Å²) in [6.45, 7) is 1.74. The lowest BCUT2D eigenvalue weighted by atomic mass is 10.1. The van der Waals surface area contributed by atoms with E-state index in [1.807, 2.05) is 25.1 Å². The van der Waals surface area contributed by atoms with E-state index >= 15 is 0 Å². The molecule has 0 N–H and O–H groups in total. The molecule has 1 aromatic carbocycles. The summed E-state index contributed by atoms with van der Waals surface area (Å²) < 4.78 is 17.9. The lowest BCUT2D eigenvalue weighted by molar-refractivity contribution is -0.521. The van der Waals surface area contributed by atoms with Crippen molar-refractivity contribution in [3.63, 3.8) is 0 Å². The van der Waals surface area contributed by atoms with E-state index in [1.165, 1.54) is 29.9 Å². The van der Waals surface area contributed by atoms with Gasteiger partial charge in [-0.15, -0.1) is 0 Å². The molecular formula is C22H22N5O6+. The van der Waals surface area contributed by atoms with Crippen molar-refractivity contribution < 1.29 is 33.0 Å². The number of amides is 3. The minimum absolute atomic E-state index is 0.0775. The Morgan fingerprint density at radius 3 is 2.88 bits per heavy atom. The van der Waals surface area contributed by atoms with Gasteiger partial charge in [-0.1, -0.05) is 5.16 Å². The van der Waals surface area contributed by atoms with Crippen LogP contribution in [0.15, 0.2) is 33.8 Å². The van der Waals surface area contributed by atoms with Gasteiger partial charge in [0.1, 0.15) is 24.2 Å². The van der Waals surface area contributed by atoms with Gasteiger partial charge in [-0.25, -0.2) is 14.2 Å². The van der Waals surface area contributed by atoms with E-state index in [0.29, 0.717) is 11.5 Å². The number of benzene rings is 1. The number of amidine groups is 1. The fourth-order valence-electron chi connectivity index (χ4n) is 4.11. The molecule has 2 atom stereocenters. The smallest absolute Gasteiger partial charge is 0.348 e. The second-order valence-electron chi connectivity index (χ2n) is 8.21. The van der Waals surface area contributed by atoms with E-state index < -0.39 is 23.9 Å². The third-order valence-corrected chi connectivity index (χ3v) is 5.83. The largest absolute Gasteiger partial charge is 0.490 e. The number of esters is 1. The molecule has 1 saturated heterocycles. The summed E-state index contributed by atoms with van der Waals surface area (Å²) in [6.07, 6.45) is 2.36. The zero-order chi connectivity index (χ0) is 23.3. The van der Waals surface area contributed by atoms with Crippen molar-refractivity contribution in [3.05, 3.63) is 35.5 Å². The molecule has 3 aliphatic heterocycles. The molecule has 0 radical (unpaired) electrons. The number of urea groups is 1. The Kier molecular flexibility index (Phi) is 4.95. The first kappa shape index (κ1) is 20.9. The van der Waals surface area contributed by atoms with Crippen LogP contribution in [0.3, 0.4) is 0 Å². The summed E-state index contributed by atoms with van der Waals surface area (Å²) in [5.74, 6) is 0.715. The van der Waals surface area contributed by atoms with E-state index in [9.17, 15) is 14.4 Å². The van der Waals surface area contributed by atoms with Crippen molar-refractivity contribution in [1.82, 2.24) is 15.0 Å². The van der Waals surface area contributed by atoms with Crippen LogP contribution < -0.4 is 4.74 Å². The molecule has 3 amide bonds. The van der Waals surface area contributed by atoms with Gasteiger partial charge in [0.05, 0.1) is 0 Å². The molecule has 0 aliphatic carbocycles. The molecule has 5 rings (SSSR count). The summed E-state index contributed by atoms with van der Waals surface area (Å²) in [7, 11) is 2.92. The van der Waals surface area contributed by atoms with Crippen LogP contribution in [-0.4, -0.2) is 82.4 Å². The molecule has 11 heteroatoms. The highest BCUT2D eigenvalue weighted by molar-refractivity contribution is 6.21. The van der Waals surface area contributed by atoms with Crippen LogP contribution in [0.1, 0.15) is 18.2 Å². The van der Waals surface area contributed by atoms with Crippen LogP contribution in [0.5, 0.6) is 5.75 Å². The molecule has 4 heterocycles. The summed E-state index contributed by atoms with van der Waals surface area (Å²) in [6, 6.07) is 6.23. The van der Waals surface area contributed by atoms with Gasteiger partial charge in [0.25, 0.3) is 24.1 Å². The Bertz CT molecular complexity index is 1230. The van der Waals surface area contributed by atoms with Crippen LogP contribution in [0.4, 0.5) is 4.79 Å². The quantitative estimate of drug-likeness (QED) is 0.492. The number of aliphatic imine (C=N–C) groups is 1. The lowest BCUT2D eigenvalue weighted by Crippen LogP contribution is -2.61. The molecule has 0 bridgehead atoms. The Hall–Kier alpha value is -4.02. The van der Waals surface area contributed by atoms with Crippen molar-refractivity contribution >= 4 is 30.1 Å². The van der Waals surface area contributed by atoms with E-state index in [0.717, 1.165) is 28.2 Å². The normalized spacial score (nSPS) is 21.4. The number of rotatable bonds is 5. The number of carbonyl (C=O) groups is 3. The number of hydrogen-bond donors (Lipinski definition) is 0. The van der Waals surface area contributed by atoms with Gasteiger partial charge in [-0.05, 0) is 35.7 Å². The average Bonchev–Trinajstić information content (AvgIpc) is 3.52. The second-order valence-corrected chi connectivity index (χ2v) is 8.21. The molecule has 2 unspecified atom stereocenters.